The van der Waals surface area contributed by atoms with E-state index in [9.17, 15) is 0 Å². The lowest BCUT2D eigenvalue weighted by Crippen LogP contribution is -2.39. The molecular formula is C10H23N3. The fourth-order valence-electron chi connectivity index (χ4n) is 1.82. The van der Waals surface area contributed by atoms with Gasteiger partial charge in [-0.3, -0.25) is 11.3 Å². The summed E-state index contributed by atoms with van der Waals surface area (Å²) in [6.45, 7) is 7.91. The van der Waals surface area contributed by atoms with Gasteiger partial charge in [0.2, 0.25) is 0 Å². The monoisotopic (exact) mass is 185 g/mol. The number of nitrogens with zero attached hydrogens (tertiary/aromatic N) is 1. The molecule has 3 nitrogen and oxygen atoms in total. The minimum atomic E-state index is 0.556. The highest BCUT2D eigenvalue weighted by atomic mass is 15.2. The zero-order chi connectivity index (χ0) is 9.68. The van der Waals surface area contributed by atoms with E-state index in [1.165, 1.54) is 25.8 Å². The second-order valence-corrected chi connectivity index (χ2v) is 3.93. The molecule has 1 fully saturated rings. The summed E-state index contributed by atoms with van der Waals surface area (Å²) in [6, 6.07) is 0.556. The quantitative estimate of drug-likeness (QED) is 0.458. The van der Waals surface area contributed by atoms with Crippen LogP contribution in [0, 0.1) is 5.92 Å². The molecule has 0 aromatic heterocycles. The smallest absolute Gasteiger partial charge is 0.0250 e. The van der Waals surface area contributed by atoms with Crippen LogP contribution in [-0.4, -0.2) is 30.6 Å². The van der Waals surface area contributed by atoms with Gasteiger partial charge >= 0.3 is 0 Å². The summed E-state index contributed by atoms with van der Waals surface area (Å²) in [4.78, 5) is 2.45. The summed E-state index contributed by atoms with van der Waals surface area (Å²) in [7, 11) is 0. The molecule has 0 heterocycles. The fraction of sp³-hybridized carbons (Fsp3) is 1.00. The topological polar surface area (TPSA) is 41.3 Å². The molecule has 0 amide bonds. The highest BCUT2D eigenvalue weighted by molar-refractivity contribution is 4.85. The summed E-state index contributed by atoms with van der Waals surface area (Å²) in [5.74, 6) is 6.38. The van der Waals surface area contributed by atoms with Crippen molar-refractivity contribution in [3.05, 3.63) is 0 Å². The van der Waals surface area contributed by atoms with Crippen LogP contribution >= 0.6 is 0 Å². The van der Waals surface area contributed by atoms with E-state index in [2.05, 4.69) is 24.2 Å². The Bertz CT molecular complexity index is 130. The van der Waals surface area contributed by atoms with Gasteiger partial charge in [-0.05, 0) is 44.8 Å². The maximum Gasteiger partial charge on any atom is 0.0250 e. The highest BCUT2D eigenvalue weighted by Crippen LogP contribution is 2.33. The molecule has 0 aromatic rings. The van der Waals surface area contributed by atoms with Crippen molar-refractivity contribution in [2.45, 2.75) is 39.2 Å². The Morgan fingerprint density at radius 1 is 1.38 bits per heavy atom. The van der Waals surface area contributed by atoms with Gasteiger partial charge in [0, 0.05) is 6.04 Å². The first-order chi connectivity index (χ1) is 6.31. The van der Waals surface area contributed by atoms with Crippen molar-refractivity contribution in [3.63, 3.8) is 0 Å². The van der Waals surface area contributed by atoms with Gasteiger partial charge in [0.1, 0.15) is 0 Å². The van der Waals surface area contributed by atoms with Gasteiger partial charge in [0.15, 0.2) is 0 Å². The number of rotatable bonds is 7. The van der Waals surface area contributed by atoms with Crippen LogP contribution in [0.25, 0.3) is 0 Å². The first-order valence-corrected chi connectivity index (χ1v) is 5.50. The van der Waals surface area contributed by atoms with Crippen molar-refractivity contribution >= 4 is 0 Å². The second kappa shape index (κ2) is 5.58. The van der Waals surface area contributed by atoms with Crippen LogP contribution in [0.2, 0.25) is 0 Å². The number of hydrogen-bond donors (Lipinski definition) is 2. The van der Waals surface area contributed by atoms with E-state index in [4.69, 9.17) is 5.84 Å². The van der Waals surface area contributed by atoms with E-state index in [1.807, 2.05) is 0 Å². The van der Waals surface area contributed by atoms with E-state index in [-0.39, 0.29) is 0 Å². The number of hydrazine groups is 1. The van der Waals surface area contributed by atoms with E-state index in [1.54, 1.807) is 0 Å². The van der Waals surface area contributed by atoms with E-state index in [0.717, 1.165) is 19.0 Å². The lowest BCUT2D eigenvalue weighted by Gasteiger charge is -2.22. The Morgan fingerprint density at radius 3 is 2.38 bits per heavy atom. The summed E-state index contributed by atoms with van der Waals surface area (Å²) in [6.07, 6.45) is 3.93. The minimum absolute atomic E-state index is 0.556. The Balaban J connectivity index is 2.14. The normalized spacial score (nSPS) is 19.4. The van der Waals surface area contributed by atoms with Crippen LogP contribution in [0.4, 0.5) is 0 Å². The van der Waals surface area contributed by atoms with Crippen molar-refractivity contribution in [2.24, 2.45) is 11.8 Å². The lowest BCUT2D eigenvalue weighted by atomic mass is 10.1. The van der Waals surface area contributed by atoms with Crippen LogP contribution < -0.4 is 11.3 Å². The van der Waals surface area contributed by atoms with Crippen LogP contribution in [-0.2, 0) is 0 Å². The first kappa shape index (κ1) is 11.0. The standard InChI is InChI=1S/C10H23N3/c1-3-13(4-2)8-7-10(12-11)9-5-6-9/h9-10,12H,3-8,11H2,1-2H3. The van der Waals surface area contributed by atoms with Crippen molar-refractivity contribution in [2.75, 3.05) is 19.6 Å². The zero-order valence-corrected chi connectivity index (χ0v) is 8.92. The van der Waals surface area contributed by atoms with Gasteiger partial charge in [-0.15, -0.1) is 0 Å². The molecule has 0 bridgehead atoms. The van der Waals surface area contributed by atoms with Gasteiger partial charge in [0.25, 0.3) is 0 Å². The fourth-order valence-corrected chi connectivity index (χ4v) is 1.82. The molecular weight excluding hydrogens is 162 g/mol. The van der Waals surface area contributed by atoms with Gasteiger partial charge in [-0.1, -0.05) is 13.8 Å². The van der Waals surface area contributed by atoms with Crippen LogP contribution in [0.1, 0.15) is 33.1 Å². The summed E-state index contributed by atoms with van der Waals surface area (Å²) in [5, 5.41) is 0. The number of hydrogen-bond acceptors (Lipinski definition) is 3. The van der Waals surface area contributed by atoms with Gasteiger partial charge in [0.05, 0.1) is 0 Å². The van der Waals surface area contributed by atoms with Crippen LogP contribution in [0.3, 0.4) is 0 Å². The molecule has 3 heteroatoms. The van der Waals surface area contributed by atoms with Gasteiger partial charge < -0.3 is 4.90 Å². The SMILES string of the molecule is CCN(CC)CCC(NN)C1CC1. The molecule has 78 valence electrons. The molecule has 3 N–H and O–H groups in total. The Hall–Kier alpha value is -0.120. The molecule has 1 unspecified atom stereocenters. The average Bonchev–Trinajstić information content (AvgIpc) is 2.96. The average molecular weight is 185 g/mol. The third kappa shape index (κ3) is 3.63. The maximum absolute atomic E-state index is 5.51. The molecule has 0 aliphatic heterocycles. The summed E-state index contributed by atoms with van der Waals surface area (Å²) < 4.78 is 0. The van der Waals surface area contributed by atoms with Gasteiger partial charge in [-0.25, -0.2) is 0 Å². The molecule has 13 heavy (non-hydrogen) atoms. The zero-order valence-electron chi connectivity index (χ0n) is 8.92. The number of nitrogens with two attached hydrogens (primary N) is 1. The van der Waals surface area contributed by atoms with E-state index >= 15 is 0 Å². The largest absolute Gasteiger partial charge is 0.304 e. The maximum atomic E-state index is 5.51. The van der Waals surface area contributed by atoms with Crippen molar-refractivity contribution in [1.82, 2.24) is 10.3 Å². The molecule has 1 rings (SSSR count). The van der Waals surface area contributed by atoms with E-state index in [0.29, 0.717) is 6.04 Å². The van der Waals surface area contributed by atoms with Gasteiger partial charge in [-0.2, -0.15) is 0 Å². The van der Waals surface area contributed by atoms with Crippen molar-refractivity contribution in [3.8, 4) is 0 Å². The Kier molecular flexibility index (Phi) is 4.70. The predicted octanol–water partition coefficient (Wildman–Crippen LogP) is 0.960. The second-order valence-electron chi connectivity index (χ2n) is 3.93. The predicted molar refractivity (Wildman–Crippen MR) is 56.2 cm³/mol. The number of nitrogens with one attached hydrogen (secondary N) is 1. The molecule has 0 radical (unpaired) electrons. The Labute approximate surface area is 81.6 Å². The first-order valence-electron chi connectivity index (χ1n) is 5.50. The summed E-state index contributed by atoms with van der Waals surface area (Å²) >= 11 is 0. The molecule has 1 aliphatic carbocycles. The van der Waals surface area contributed by atoms with Crippen LogP contribution in [0.15, 0.2) is 0 Å². The third-order valence-corrected chi connectivity index (χ3v) is 3.06. The van der Waals surface area contributed by atoms with E-state index < -0.39 is 0 Å². The van der Waals surface area contributed by atoms with Crippen molar-refractivity contribution in [1.29, 1.82) is 0 Å². The third-order valence-electron chi connectivity index (χ3n) is 3.06. The lowest BCUT2D eigenvalue weighted by molar-refractivity contribution is 0.274. The molecule has 0 spiro atoms. The molecule has 1 saturated carbocycles. The van der Waals surface area contributed by atoms with Crippen molar-refractivity contribution < 1.29 is 0 Å². The molecule has 1 aliphatic rings. The highest BCUT2D eigenvalue weighted by Gasteiger charge is 2.30. The Morgan fingerprint density at radius 2 is 2.00 bits per heavy atom. The minimum Gasteiger partial charge on any atom is -0.304 e. The molecule has 1 atom stereocenters. The van der Waals surface area contributed by atoms with Crippen LogP contribution in [0.5, 0.6) is 0 Å². The molecule has 0 aromatic carbocycles. The molecule has 0 saturated heterocycles. The summed E-state index contributed by atoms with van der Waals surface area (Å²) in [5.41, 5.74) is 2.94.